The fourth-order valence-corrected chi connectivity index (χ4v) is 1.01. The quantitative estimate of drug-likeness (QED) is 0.722. The van der Waals surface area contributed by atoms with Crippen LogP contribution in [-0.2, 0) is 0 Å². The highest BCUT2D eigenvalue weighted by atomic mass is 19.1. The lowest BCUT2D eigenvalue weighted by atomic mass is 10.2. The number of amides is 1. The molecule has 2 N–H and O–H groups in total. The van der Waals surface area contributed by atoms with E-state index in [9.17, 15) is 9.18 Å². The molecule has 1 amide bonds. The first-order valence-corrected chi connectivity index (χ1v) is 3.88. The van der Waals surface area contributed by atoms with Gasteiger partial charge >= 0.3 is 0 Å². The fourth-order valence-electron chi connectivity index (χ4n) is 1.01. The number of halogens is 1. The smallest absolute Gasteiger partial charge is 0.251 e. The summed E-state index contributed by atoms with van der Waals surface area (Å²) < 4.78 is 12.9. The van der Waals surface area contributed by atoms with Gasteiger partial charge in [0.1, 0.15) is 5.82 Å². The molecule has 0 bridgehead atoms. The number of rotatable bonds is 2. The van der Waals surface area contributed by atoms with Crippen molar-refractivity contribution in [2.75, 3.05) is 19.4 Å². The number of nitrogens with one attached hydrogen (secondary N) is 2. The largest absolute Gasteiger partial charge is 0.388 e. The van der Waals surface area contributed by atoms with Crippen molar-refractivity contribution >= 4 is 11.6 Å². The Morgan fingerprint density at radius 1 is 1.31 bits per heavy atom. The Labute approximate surface area is 76.0 Å². The summed E-state index contributed by atoms with van der Waals surface area (Å²) in [5.41, 5.74) is 0.894. The standard InChI is InChI=1S/C9H11FN2O/c1-11-8-4-6(9(13)12-2)3-7(10)5-8/h3-5,11H,1-2H3,(H,12,13). The van der Waals surface area contributed by atoms with Gasteiger partial charge in [-0.25, -0.2) is 4.39 Å². The average Bonchev–Trinajstić information content (AvgIpc) is 2.15. The molecule has 3 nitrogen and oxygen atoms in total. The summed E-state index contributed by atoms with van der Waals surface area (Å²) in [6, 6.07) is 4.11. The van der Waals surface area contributed by atoms with E-state index in [1.54, 1.807) is 13.1 Å². The van der Waals surface area contributed by atoms with E-state index < -0.39 is 5.82 Å². The van der Waals surface area contributed by atoms with Crippen molar-refractivity contribution in [1.29, 1.82) is 0 Å². The van der Waals surface area contributed by atoms with Crippen molar-refractivity contribution in [3.05, 3.63) is 29.6 Å². The number of hydrogen-bond acceptors (Lipinski definition) is 2. The van der Waals surface area contributed by atoms with Gasteiger partial charge in [0.2, 0.25) is 0 Å². The van der Waals surface area contributed by atoms with E-state index in [1.165, 1.54) is 19.2 Å². The van der Waals surface area contributed by atoms with Gasteiger partial charge in [-0.05, 0) is 18.2 Å². The highest BCUT2D eigenvalue weighted by Crippen LogP contribution is 2.12. The molecule has 0 saturated heterocycles. The lowest BCUT2D eigenvalue weighted by Crippen LogP contribution is -2.18. The Morgan fingerprint density at radius 2 is 2.00 bits per heavy atom. The number of benzene rings is 1. The van der Waals surface area contributed by atoms with Crippen molar-refractivity contribution in [3.63, 3.8) is 0 Å². The lowest BCUT2D eigenvalue weighted by Gasteiger charge is -2.04. The first kappa shape index (κ1) is 9.51. The van der Waals surface area contributed by atoms with E-state index in [0.29, 0.717) is 11.3 Å². The monoisotopic (exact) mass is 182 g/mol. The SMILES string of the molecule is CNC(=O)c1cc(F)cc(NC)c1. The number of carbonyl (C=O) groups excluding carboxylic acids is 1. The fraction of sp³-hybridized carbons (Fsp3) is 0.222. The molecule has 0 spiro atoms. The average molecular weight is 182 g/mol. The van der Waals surface area contributed by atoms with E-state index >= 15 is 0 Å². The van der Waals surface area contributed by atoms with Gasteiger partial charge in [0.25, 0.3) is 5.91 Å². The topological polar surface area (TPSA) is 41.1 Å². The van der Waals surface area contributed by atoms with Gasteiger partial charge in [0, 0.05) is 25.3 Å². The van der Waals surface area contributed by atoms with Crippen LogP contribution in [0.3, 0.4) is 0 Å². The summed E-state index contributed by atoms with van der Waals surface area (Å²) in [7, 11) is 3.18. The highest BCUT2D eigenvalue weighted by molar-refractivity contribution is 5.94. The first-order chi connectivity index (χ1) is 6.17. The van der Waals surface area contributed by atoms with E-state index in [-0.39, 0.29) is 5.91 Å². The Morgan fingerprint density at radius 3 is 2.54 bits per heavy atom. The summed E-state index contributed by atoms with van der Waals surface area (Å²) in [5.74, 6) is -0.721. The maximum Gasteiger partial charge on any atom is 0.251 e. The molecule has 4 heteroatoms. The Hall–Kier alpha value is -1.58. The minimum Gasteiger partial charge on any atom is -0.388 e. The minimum absolute atomic E-state index is 0.295. The number of carbonyl (C=O) groups is 1. The summed E-state index contributed by atoms with van der Waals surface area (Å²) in [4.78, 5) is 11.1. The molecule has 0 aromatic heterocycles. The van der Waals surface area contributed by atoms with Crippen molar-refractivity contribution in [1.82, 2.24) is 5.32 Å². The number of hydrogen-bond donors (Lipinski definition) is 2. The first-order valence-electron chi connectivity index (χ1n) is 3.88. The maximum absolute atomic E-state index is 12.9. The zero-order valence-electron chi connectivity index (χ0n) is 7.52. The van der Waals surface area contributed by atoms with Gasteiger partial charge in [0.05, 0.1) is 0 Å². The predicted octanol–water partition coefficient (Wildman–Crippen LogP) is 1.23. The molecule has 0 aliphatic carbocycles. The van der Waals surface area contributed by atoms with Crippen molar-refractivity contribution < 1.29 is 9.18 Å². The third kappa shape index (κ3) is 2.18. The van der Waals surface area contributed by atoms with Crippen LogP contribution in [-0.4, -0.2) is 20.0 Å². The molecular weight excluding hydrogens is 171 g/mol. The molecule has 0 saturated carbocycles. The lowest BCUT2D eigenvalue weighted by molar-refractivity contribution is 0.0962. The zero-order chi connectivity index (χ0) is 9.84. The maximum atomic E-state index is 12.9. The molecule has 70 valence electrons. The van der Waals surface area contributed by atoms with E-state index in [4.69, 9.17) is 0 Å². The molecule has 1 aromatic rings. The molecule has 1 aromatic carbocycles. The second kappa shape index (κ2) is 3.89. The van der Waals surface area contributed by atoms with Crippen LogP contribution >= 0.6 is 0 Å². The molecule has 0 aliphatic heterocycles. The van der Waals surface area contributed by atoms with Crippen molar-refractivity contribution in [2.24, 2.45) is 0 Å². The van der Waals surface area contributed by atoms with Gasteiger partial charge in [-0.3, -0.25) is 4.79 Å². The Bertz CT molecular complexity index is 325. The Balaban J connectivity index is 3.08. The van der Waals surface area contributed by atoms with Crippen LogP contribution < -0.4 is 10.6 Å². The second-order valence-electron chi connectivity index (χ2n) is 2.56. The molecule has 0 fully saturated rings. The van der Waals surface area contributed by atoms with E-state index in [2.05, 4.69) is 10.6 Å². The highest BCUT2D eigenvalue weighted by Gasteiger charge is 2.05. The van der Waals surface area contributed by atoms with Gasteiger partial charge in [-0.2, -0.15) is 0 Å². The van der Waals surface area contributed by atoms with Crippen LogP contribution in [0.4, 0.5) is 10.1 Å². The van der Waals surface area contributed by atoms with Crippen molar-refractivity contribution in [2.45, 2.75) is 0 Å². The zero-order valence-corrected chi connectivity index (χ0v) is 7.52. The van der Waals surface area contributed by atoms with Crippen LogP contribution in [0.2, 0.25) is 0 Å². The van der Waals surface area contributed by atoms with Gasteiger partial charge in [-0.15, -0.1) is 0 Å². The molecule has 1 rings (SSSR count). The third-order valence-corrected chi connectivity index (χ3v) is 1.68. The minimum atomic E-state index is -0.426. The van der Waals surface area contributed by atoms with Crippen LogP contribution in [0, 0.1) is 5.82 Å². The summed E-state index contributed by atoms with van der Waals surface area (Å²) >= 11 is 0. The summed E-state index contributed by atoms with van der Waals surface area (Å²) in [6.45, 7) is 0. The third-order valence-electron chi connectivity index (χ3n) is 1.68. The molecule has 0 radical (unpaired) electrons. The van der Waals surface area contributed by atoms with Crippen LogP contribution in [0.25, 0.3) is 0 Å². The molecular formula is C9H11FN2O. The molecule has 0 atom stereocenters. The molecule has 0 unspecified atom stereocenters. The van der Waals surface area contributed by atoms with E-state index in [0.717, 1.165) is 0 Å². The van der Waals surface area contributed by atoms with Gasteiger partial charge in [-0.1, -0.05) is 0 Å². The van der Waals surface area contributed by atoms with Gasteiger partial charge < -0.3 is 10.6 Å². The van der Waals surface area contributed by atoms with Crippen molar-refractivity contribution in [3.8, 4) is 0 Å². The summed E-state index contributed by atoms with van der Waals surface area (Å²) in [5, 5.41) is 5.19. The second-order valence-corrected chi connectivity index (χ2v) is 2.56. The van der Waals surface area contributed by atoms with E-state index in [1.807, 2.05) is 0 Å². The van der Waals surface area contributed by atoms with Gasteiger partial charge in [0.15, 0.2) is 0 Å². The Kier molecular flexibility index (Phi) is 2.84. The predicted molar refractivity (Wildman–Crippen MR) is 49.3 cm³/mol. The molecule has 13 heavy (non-hydrogen) atoms. The molecule has 0 aliphatic rings. The number of anilines is 1. The van der Waals surface area contributed by atoms with Crippen LogP contribution in [0.1, 0.15) is 10.4 Å². The van der Waals surface area contributed by atoms with Crippen LogP contribution in [0.5, 0.6) is 0 Å². The summed E-state index contributed by atoms with van der Waals surface area (Å²) in [6.07, 6.45) is 0. The molecule has 0 heterocycles. The normalized spacial score (nSPS) is 9.46. The van der Waals surface area contributed by atoms with Crippen LogP contribution in [0.15, 0.2) is 18.2 Å².